The summed E-state index contributed by atoms with van der Waals surface area (Å²) in [6.45, 7) is 0.839. The van der Waals surface area contributed by atoms with Gasteiger partial charge in [-0.3, -0.25) is 24.0 Å². The van der Waals surface area contributed by atoms with Gasteiger partial charge in [0.15, 0.2) is 11.5 Å². The van der Waals surface area contributed by atoms with Gasteiger partial charge >= 0.3 is 5.97 Å². The molecule has 4 atom stereocenters. The zero-order chi connectivity index (χ0) is 35.9. The molecule has 0 radical (unpaired) electrons. The third kappa shape index (κ3) is 8.41. The minimum atomic E-state index is -1.38. The highest BCUT2D eigenvalue weighted by Crippen LogP contribution is 2.34. The number of nitrogens with one attached hydrogen (secondary N) is 5. The fourth-order valence-electron chi connectivity index (χ4n) is 6.86. The molecule has 0 saturated carbocycles. The summed E-state index contributed by atoms with van der Waals surface area (Å²) in [7, 11) is 0. The molecule has 2 fully saturated rings. The summed E-state index contributed by atoms with van der Waals surface area (Å²) in [5, 5.41) is 21.9. The predicted octanol–water partition coefficient (Wildman–Crippen LogP) is 1.41. The average Bonchev–Trinajstić information content (AvgIpc) is 3.75. The number of carbonyl (C=O) groups is 6. The fourth-order valence-corrected chi connectivity index (χ4v) is 6.86. The van der Waals surface area contributed by atoms with Gasteiger partial charge in [0, 0.05) is 49.1 Å². The number of amides is 5. The summed E-state index contributed by atoms with van der Waals surface area (Å²) in [5.74, 6) is -3.12. The Kier molecular flexibility index (Phi) is 11.0. The number of ether oxygens (including phenoxy) is 2. The van der Waals surface area contributed by atoms with Crippen molar-refractivity contribution >= 4 is 46.4 Å². The van der Waals surface area contributed by atoms with Crippen LogP contribution < -0.4 is 30.7 Å². The first-order chi connectivity index (χ1) is 24.7. The van der Waals surface area contributed by atoms with Gasteiger partial charge in [0.25, 0.3) is 5.91 Å². The number of carbonyl (C=O) groups excluding carboxylic acids is 5. The van der Waals surface area contributed by atoms with Crippen molar-refractivity contribution < 1.29 is 43.3 Å². The molecule has 270 valence electrons. The minimum absolute atomic E-state index is 0.0290. The molecule has 2 aromatic carbocycles. The Balaban J connectivity index is 1.22. The van der Waals surface area contributed by atoms with Crippen LogP contribution in [0.4, 0.5) is 0 Å². The third-order valence-corrected chi connectivity index (χ3v) is 9.48. The second kappa shape index (κ2) is 16.0. The molecule has 0 aliphatic carbocycles. The van der Waals surface area contributed by atoms with Crippen LogP contribution in [-0.2, 0) is 30.4 Å². The number of rotatable bonds is 7. The van der Waals surface area contributed by atoms with Gasteiger partial charge in [-0.25, -0.2) is 4.79 Å². The molecule has 3 aliphatic rings. The Bertz CT molecular complexity index is 1810. The number of fused-ring (bicyclic) bond motifs is 3. The molecule has 0 spiro atoms. The number of hydrogen-bond donors (Lipinski definition) is 6. The summed E-state index contributed by atoms with van der Waals surface area (Å²) in [4.78, 5) is 83.9. The molecule has 15 heteroatoms. The van der Waals surface area contributed by atoms with E-state index in [1.165, 1.54) is 4.90 Å². The van der Waals surface area contributed by atoms with E-state index < -0.39 is 47.9 Å². The van der Waals surface area contributed by atoms with E-state index in [1.54, 1.807) is 18.2 Å². The molecule has 3 aromatic rings. The zero-order valence-corrected chi connectivity index (χ0v) is 28.1. The van der Waals surface area contributed by atoms with Crippen LogP contribution in [0.3, 0.4) is 0 Å². The predicted molar refractivity (Wildman–Crippen MR) is 183 cm³/mol. The van der Waals surface area contributed by atoms with Crippen LogP contribution in [0, 0.1) is 0 Å². The molecule has 3 aliphatic heterocycles. The van der Waals surface area contributed by atoms with E-state index >= 15 is 0 Å². The van der Waals surface area contributed by atoms with Gasteiger partial charge < -0.3 is 45.7 Å². The summed E-state index contributed by atoms with van der Waals surface area (Å²) in [6.07, 6.45) is 3.39. The lowest BCUT2D eigenvalue weighted by Crippen LogP contribution is -2.55. The molecule has 4 heterocycles. The van der Waals surface area contributed by atoms with Crippen LogP contribution in [0.15, 0.2) is 48.7 Å². The second-order valence-corrected chi connectivity index (χ2v) is 13.0. The number of hydrogen-bond acceptors (Lipinski definition) is 8. The van der Waals surface area contributed by atoms with Crippen LogP contribution in [0.1, 0.15) is 60.9 Å². The van der Waals surface area contributed by atoms with Gasteiger partial charge in [-0.1, -0.05) is 24.3 Å². The average molecular weight is 703 g/mol. The quantitative estimate of drug-likeness (QED) is 0.210. The number of H-pyrrole nitrogens is 1. The first kappa shape index (κ1) is 35.2. The maximum Gasteiger partial charge on any atom is 0.326 e. The van der Waals surface area contributed by atoms with E-state index in [-0.39, 0.29) is 74.9 Å². The Morgan fingerprint density at radius 2 is 1.78 bits per heavy atom. The Hall–Kier alpha value is -5.60. The lowest BCUT2D eigenvalue weighted by Gasteiger charge is -2.29. The summed E-state index contributed by atoms with van der Waals surface area (Å²) in [5.41, 5.74) is 2.13. The summed E-state index contributed by atoms with van der Waals surface area (Å²) >= 11 is 0. The standard InChI is InChI=1S/C36H42N6O9/c43-30-14-12-27(36(48)49)41-34(46)28-18-22(39-31(44)13-11-21-19-38-25-8-2-1-6-23(21)25)20-42(28)35(47)26(9-3-4-15-37-30)40-33(45)24-7-5-10-29-32(24)51-17-16-50-29/h1-2,5-8,10,19,22,26-28,38H,3-4,9,11-18,20H2,(H,37,43)(H,39,44)(H,40,45)(H,41,46)(H,48,49)/t22-,26+,27+,28+/m1/s1. The number of aliphatic carboxylic acids is 1. The molecular weight excluding hydrogens is 660 g/mol. The molecule has 0 unspecified atom stereocenters. The molecule has 6 rings (SSSR count). The van der Waals surface area contributed by atoms with Crippen molar-refractivity contribution in [3.05, 3.63) is 59.8 Å². The van der Waals surface area contributed by atoms with Crippen LogP contribution in [-0.4, -0.2) is 101 Å². The second-order valence-electron chi connectivity index (χ2n) is 13.0. The Morgan fingerprint density at radius 3 is 2.63 bits per heavy atom. The monoisotopic (exact) mass is 702 g/mol. The van der Waals surface area contributed by atoms with Crippen LogP contribution >= 0.6 is 0 Å². The minimum Gasteiger partial charge on any atom is -0.486 e. The molecule has 5 amide bonds. The smallest absolute Gasteiger partial charge is 0.326 e. The van der Waals surface area contributed by atoms with Crippen molar-refractivity contribution in [1.29, 1.82) is 0 Å². The number of carboxylic acids is 1. The third-order valence-electron chi connectivity index (χ3n) is 9.48. The number of nitrogens with zero attached hydrogens (tertiary/aromatic N) is 1. The lowest BCUT2D eigenvalue weighted by molar-refractivity contribution is -0.144. The number of para-hydroxylation sites is 2. The molecule has 1 aromatic heterocycles. The zero-order valence-electron chi connectivity index (χ0n) is 28.1. The maximum absolute atomic E-state index is 14.3. The van der Waals surface area contributed by atoms with Crippen molar-refractivity contribution in [3.8, 4) is 11.5 Å². The number of aromatic amines is 1. The van der Waals surface area contributed by atoms with Gasteiger partial charge in [-0.05, 0) is 62.3 Å². The first-order valence-electron chi connectivity index (χ1n) is 17.3. The van der Waals surface area contributed by atoms with Crippen molar-refractivity contribution in [1.82, 2.24) is 31.2 Å². The molecule has 51 heavy (non-hydrogen) atoms. The van der Waals surface area contributed by atoms with E-state index in [9.17, 15) is 33.9 Å². The maximum atomic E-state index is 14.3. The highest BCUT2D eigenvalue weighted by atomic mass is 16.6. The van der Waals surface area contributed by atoms with Crippen molar-refractivity contribution in [2.24, 2.45) is 0 Å². The fraction of sp³-hybridized carbons (Fsp3) is 0.444. The van der Waals surface area contributed by atoms with Crippen molar-refractivity contribution in [2.75, 3.05) is 26.3 Å². The van der Waals surface area contributed by atoms with E-state index in [1.807, 2.05) is 30.5 Å². The van der Waals surface area contributed by atoms with Gasteiger partial charge in [0.2, 0.25) is 23.6 Å². The Morgan fingerprint density at radius 1 is 0.961 bits per heavy atom. The van der Waals surface area contributed by atoms with Gasteiger partial charge in [-0.15, -0.1) is 0 Å². The normalized spacial score (nSPS) is 22.9. The Labute approximate surface area is 293 Å². The van der Waals surface area contributed by atoms with Gasteiger partial charge in [-0.2, -0.15) is 0 Å². The summed E-state index contributed by atoms with van der Waals surface area (Å²) in [6, 6.07) is 8.46. The first-order valence-corrected chi connectivity index (χ1v) is 17.3. The number of carboxylic acid groups (broad SMARTS) is 1. The largest absolute Gasteiger partial charge is 0.486 e. The van der Waals surface area contributed by atoms with Crippen LogP contribution in [0.5, 0.6) is 11.5 Å². The molecule has 6 N–H and O–H groups in total. The topological polar surface area (TPSA) is 208 Å². The molecule has 0 bridgehead atoms. The highest BCUT2D eigenvalue weighted by molar-refractivity contribution is 6.01. The van der Waals surface area contributed by atoms with E-state index in [0.717, 1.165) is 16.5 Å². The van der Waals surface area contributed by atoms with Crippen LogP contribution in [0.2, 0.25) is 0 Å². The van der Waals surface area contributed by atoms with Gasteiger partial charge in [0.05, 0.1) is 5.56 Å². The van der Waals surface area contributed by atoms with E-state index in [4.69, 9.17) is 9.47 Å². The van der Waals surface area contributed by atoms with Crippen molar-refractivity contribution in [2.45, 2.75) is 75.5 Å². The molecular formula is C36H42N6O9. The van der Waals surface area contributed by atoms with Crippen molar-refractivity contribution in [3.63, 3.8) is 0 Å². The SMILES string of the molecule is O=C1CC[C@@H](C(=O)O)NC(=O)[C@@H]2C[C@@H](NC(=O)CCc3c[nH]c4ccccc34)CN2C(=O)[C@@H](NC(=O)c2cccc3c2OCCO3)CCCCN1. The highest BCUT2D eigenvalue weighted by Gasteiger charge is 2.43. The molecule has 15 nitrogen and oxygen atoms in total. The molecule has 2 saturated heterocycles. The van der Waals surface area contributed by atoms with Crippen LogP contribution in [0.25, 0.3) is 10.9 Å². The lowest BCUT2D eigenvalue weighted by atomic mass is 10.1. The number of benzene rings is 2. The number of aryl methyl sites for hydroxylation is 1. The summed E-state index contributed by atoms with van der Waals surface area (Å²) < 4.78 is 11.3. The number of aromatic nitrogens is 1. The van der Waals surface area contributed by atoms with Gasteiger partial charge in [0.1, 0.15) is 31.3 Å². The van der Waals surface area contributed by atoms with E-state index in [2.05, 4.69) is 26.3 Å². The van der Waals surface area contributed by atoms with E-state index in [0.29, 0.717) is 31.6 Å².